The first-order chi connectivity index (χ1) is 22.3. The van der Waals surface area contributed by atoms with E-state index in [9.17, 15) is 20.0 Å². The number of nitriles is 1. The van der Waals surface area contributed by atoms with Crippen LogP contribution < -0.4 is 10.6 Å². The smallest absolute Gasteiger partial charge is 0.268 e. The number of carbonyl (C=O) groups is 2. The maximum atomic E-state index is 13.6. The number of aromatic nitrogens is 3. The zero-order valence-corrected chi connectivity index (χ0v) is 28.6. The number of thiophene rings is 1. The summed E-state index contributed by atoms with van der Waals surface area (Å²) in [5.41, 5.74) is 2.21. The van der Waals surface area contributed by atoms with Gasteiger partial charge in [-0.15, -0.1) is 11.3 Å². The van der Waals surface area contributed by atoms with Crippen LogP contribution in [-0.2, 0) is 17.9 Å². The number of hydrogen-bond donors (Lipinski definition) is 3. The number of likely N-dealkylation sites (tertiary alicyclic amines) is 1. The number of aliphatic hydroxyl groups is 1. The van der Waals surface area contributed by atoms with Gasteiger partial charge < -0.3 is 24.3 Å². The van der Waals surface area contributed by atoms with Gasteiger partial charge in [-0.05, 0) is 53.5 Å². The number of aliphatic hydroxyl groups excluding tert-OH is 1. The highest BCUT2D eigenvalue weighted by molar-refractivity contribution is 7.17. The van der Waals surface area contributed by atoms with Crippen LogP contribution in [0.5, 0.6) is 0 Å². The molecule has 2 amide bonds. The molecule has 1 aliphatic heterocycles. The van der Waals surface area contributed by atoms with Crippen LogP contribution >= 0.6 is 11.3 Å². The van der Waals surface area contributed by atoms with Crippen molar-refractivity contribution in [2.75, 3.05) is 18.5 Å². The average Bonchev–Trinajstić information content (AvgIpc) is 3.82. The molecule has 0 bridgehead atoms. The van der Waals surface area contributed by atoms with Crippen molar-refractivity contribution >= 4 is 40.1 Å². The molecule has 1 saturated heterocycles. The minimum atomic E-state index is -0.320. The third-order valence-corrected chi connectivity index (χ3v) is 9.38. The molecular formula is C35H43N7O4S. The van der Waals surface area contributed by atoms with Gasteiger partial charge in [-0.3, -0.25) is 14.9 Å². The first-order valence-electron chi connectivity index (χ1n) is 15.8. The molecule has 3 aromatic heterocycles. The fourth-order valence-electron chi connectivity index (χ4n) is 5.78. The molecule has 0 aliphatic carbocycles. The number of oxazole rings is 1. The van der Waals surface area contributed by atoms with E-state index in [4.69, 9.17) is 9.40 Å². The summed E-state index contributed by atoms with van der Waals surface area (Å²) in [5.74, 6) is 0.372. The molecule has 5 rings (SSSR count). The van der Waals surface area contributed by atoms with E-state index < -0.39 is 0 Å². The molecule has 248 valence electrons. The number of benzene rings is 1. The van der Waals surface area contributed by atoms with Gasteiger partial charge in [0.25, 0.3) is 11.8 Å². The van der Waals surface area contributed by atoms with Crippen LogP contribution in [0.25, 0.3) is 21.7 Å². The number of nitrogens with one attached hydrogen (secondary N) is 2. The Morgan fingerprint density at radius 1 is 1.21 bits per heavy atom. The SMILES string of the molecule is CC(C)(C)/C=C(\C#N)C(=O)N1CCC[C@@H]1Cn1c(NC(=O)c2ccc(-c3cnco3)s2)nc2cc(CN[C@H](CO)C(C)(C)C)ccc21. The van der Waals surface area contributed by atoms with Crippen molar-refractivity contribution in [2.45, 2.75) is 79.6 Å². The van der Waals surface area contributed by atoms with Gasteiger partial charge in [-0.2, -0.15) is 5.26 Å². The Kier molecular flexibility index (Phi) is 10.0. The lowest BCUT2D eigenvalue weighted by atomic mass is 9.87. The number of carbonyl (C=O) groups excluding carboxylic acids is 2. The minimum Gasteiger partial charge on any atom is -0.443 e. The fraction of sp³-hybridized carbons (Fsp3) is 0.457. The van der Waals surface area contributed by atoms with Crippen LogP contribution in [0, 0.1) is 22.2 Å². The zero-order valence-electron chi connectivity index (χ0n) is 27.8. The van der Waals surface area contributed by atoms with Crippen LogP contribution in [0.3, 0.4) is 0 Å². The number of imidazole rings is 1. The predicted octanol–water partition coefficient (Wildman–Crippen LogP) is 5.99. The Bertz CT molecular complexity index is 1800. The Hall–Kier alpha value is -4.31. The summed E-state index contributed by atoms with van der Waals surface area (Å²) in [4.78, 5) is 39.0. The molecule has 0 saturated carbocycles. The summed E-state index contributed by atoms with van der Waals surface area (Å²) in [6.07, 6.45) is 6.26. The third-order valence-electron chi connectivity index (χ3n) is 8.28. The molecule has 12 heteroatoms. The second kappa shape index (κ2) is 13.8. The van der Waals surface area contributed by atoms with E-state index in [0.717, 1.165) is 28.8 Å². The van der Waals surface area contributed by atoms with Crippen LogP contribution in [-0.4, -0.2) is 61.6 Å². The van der Waals surface area contributed by atoms with Crippen molar-refractivity contribution in [1.82, 2.24) is 24.8 Å². The maximum absolute atomic E-state index is 13.6. The summed E-state index contributed by atoms with van der Waals surface area (Å²) in [7, 11) is 0. The van der Waals surface area contributed by atoms with Crippen LogP contribution in [0.2, 0.25) is 0 Å². The van der Waals surface area contributed by atoms with Crippen molar-refractivity contribution in [3.63, 3.8) is 0 Å². The van der Waals surface area contributed by atoms with Crippen molar-refractivity contribution in [3.05, 3.63) is 65.0 Å². The van der Waals surface area contributed by atoms with Crippen molar-refractivity contribution in [1.29, 1.82) is 5.26 Å². The lowest BCUT2D eigenvalue weighted by Gasteiger charge is -2.30. The van der Waals surface area contributed by atoms with Gasteiger partial charge in [0.2, 0.25) is 5.95 Å². The molecule has 0 radical (unpaired) electrons. The summed E-state index contributed by atoms with van der Waals surface area (Å²) in [6.45, 7) is 13.6. The first-order valence-corrected chi connectivity index (χ1v) is 16.7. The zero-order chi connectivity index (χ0) is 33.9. The standard InChI is InChI=1S/C35H43N7O4S/c1-34(2,3)15-23(16-36)32(45)41-13-7-8-24(41)19-42-26-10-9-22(17-38-30(20-43)35(4,5)6)14-25(26)39-33(42)40-31(44)29-12-11-28(47-29)27-18-37-21-46-27/h9-12,14-15,18,21,24,30,38,43H,7-8,13,17,19-20H2,1-6H3,(H,39,40,44)/b23-15+/t24-,30-/m1/s1. The highest BCUT2D eigenvalue weighted by atomic mass is 32.1. The number of hydrogen-bond acceptors (Lipinski definition) is 9. The highest BCUT2D eigenvalue weighted by Gasteiger charge is 2.33. The van der Waals surface area contributed by atoms with Gasteiger partial charge in [0.1, 0.15) is 11.6 Å². The molecule has 0 unspecified atom stereocenters. The maximum Gasteiger partial charge on any atom is 0.268 e. The monoisotopic (exact) mass is 657 g/mol. The minimum absolute atomic E-state index is 0.0203. The lowest BCUT2D eigenvalue weighted by molar-refractivity contribution is -0.127. The van der Waals surface area contributed by atoms with E-state index in [1.807, 2.05) is 49.6 Å². The molecule has 4 aromatic rings. The molecule has 1 aromatic carbocycles. The van der Waals surface area contributed by atoms with Crippen LogP contribution in [0.4, 0.5) is 5.95 Å². The summed E-state index contributed by atoms with van der Waals surface area (Å²) < 4.78 is 7.35. The van der Waals surface area contributed by atoms with E-state index in [2.05, 4.69) is 42.5 Å². The summed E-state index contributed by atoms with van der Waals surface area (Å²) in [6, 6.07) is 11.4. The average molecular weight is 658 g/mol. The quantitative estimate of drug-likeness (QED) is 0.139. The Balaban J connectivity index is 1.46. The topological polar surface area (TPSA) is 149 Å². The molecule has 0 spiro atoms. The van der Waals surface area contributed by atoms with E-state index in [-0.39, 0.29) is 46.9 Å². The Labute approximate surface area is 279 Å². The Morgan fingerprint density at radius 2 is 2.00 bits per heavy atom. The van der Waals surface area contributed by atoms with Gasteiger partial charge in [-0.1, -0.05) is 53.7 Å². The Morgan fingerprint density at radius 3 is 2.66 bits per heavy atom. The number of allylic oxidation sites excluding steroid dienone is 1. The molecule has 2 atom stereocenters. The van der Waals surface area contributed by atoms with E-state index >= 15 is 0 Å². The summed E-state index contributed by atoms with van der Waals surface area (Å²) in [5, 5.41) is 26.2. The van der Waals surface area contributed by atoms with E-state index in [0.29, 0.717) is 41.7 Å². The van der Waals surface area contributed by atoms with Gasteiger partial charge in [0.05, 0.1) is 39.6 Å². The summed E-state index contributed by atoms with van der Waals surface area (Å²) >= 11 is 1.29. The lowest BCUT2D eigenvalue weighted by Crippen LogP contribution is -2.42. The number of anilines is 1. The molecule has 1 aliphatic rings. The normalized spacial score (nSPS) is 16.4. The molecule has 47 heavy (non-hydrogen) atoms. The fourth-order valence-corrected chi connectivity index (χ4v) is 6.63. The molecule has 4 heterocycles. The number of amides is 2. The van der Waals surface area contributed by atoms with E-state index in [1.54, 1.807) is 23.2 Å². The van der Waals surface area contributed by atoms with Crippen LogP contribution in [0.1, 0.15) is 69.6 Å². The van der Waals surface area contributed by atoms with Crippen molar-refractivity contribution < 1.29 is 19.1 Å². The highest BCUT2D eigenvalue weighted by Crippen LogP contribution is 2.31. The van der Waals surface area contributed by atoms with Gasteiger partial charge in [0.15, 0.2) is 12.2 Å². The second-order valence-electron chi connectivity index (χ2n) is 14.2. The van der Waals surface area contributed by atoms with Crippen LogP contribution in [0.15, 0.2) is 59.0 Å². The third kappa shape index (κ3) is 7.99. The predicted molar refractivity (Wildman–Crippen MR) is 183 cm³/mol. The first kappa shape index (κ1) is 34.0. The van der Waals surface area contributed by atoms with Crippen molar-refractivity contribution in [3.8, 4) is 16.7 Å². The number of rotatable bonds is 10. The molecule has 11 nitrogen and oxygen atoms in total. The molecule has 3 N–H and O–H groups in total. The van der Waals surface area contributed by atoms with Crippen molar-refractivity contribution in [2.24, 2.45) is 10.8 Å². The van der Waals surface area contributed by atoms with Gasteiger partial charge in [0, 0.05) is 25.7 Å². The largest absolute Gasteiger partial charge is 0.443 e. The number of fused-ring (bicyclic) bond motifs is 1. The number of nitrogens with zero attached hydrogens (tertiary/aromatic N) is 5. The molecular weight excluding hydrogens is 614 g/mol. The second-order valence-corrected chi connectivity index (χ2v) is 15.2. The van der Waals surface area contributed by atoms with E-state index in [1.165, 1.54) is 17.7 Å². The molecule has 1 fully saturated rings. The van der Waals surface area contributed by atoms with Gasteiger partial charge in [-0.25, -0.2) is 9.97 Å². The van der Waals surface area contributed by atoms with Gasteiger partial charge >= 0.3 is 0 Å².